The van der Waals surface area contributed by atoms with Gasteiger partial charge in [0.2, 0.25) is 11.7 Å². The highest BCUT2D eigenvalue weighted by molar-refractivity contribution is 5.54. The molecule has 3 rings (SSSR count). The number of aryl methyl sites for hydroxylation is 1. The predicted octanol–water partition coefficient (Wildman–Crippen LogP) is 3.34. The molecule has 130 valence electrons. The van der Waals surface area contributed by atoms with E-state index in [1.165, 1.54) is 6.07 Å². The lowest BCUT2D eigenvalue weighted by molar-refractivity contribution is 0.0211. The van der Waals surface area contributed by atoms with Crippen molar-refractivity contribution in [2.75, 3.05) is 19.7 Å². The van der Waals surface area contributed by atoms with Gasteiger partial charge in [0.15, 0.2) is 0 Å². The van der Waals surface area contributed by atoms with Crippen LogP contribution in [0, 0.1) is 18.2 Å². The van der Waals surface area contributed by atoms with Crippen molar-refractivity contribution in [2.45, 2.75) is 39.7 Å². The Morgan fingerprint density at radius 2 is 2.25 bits per heavy atom. The van der Waals surface area contributed by atoms with Gasteiger partial charge in [0, 0.05) is 24.1 Å². The number of benzene rings is 1. The molecule has 0 amide bonds. The normalized spacial score (nSPS) is 23.4. The molecular weight excluding hydrogens is 309 g/mol. The zero-order chi connectivity index (χ0) is 17.3. The maximum Gasteiger partial charge on any atom is 0.244 e. The zero-order valence-electron chi connectivity index (χ0n) is 14.4. The average molecular weight is 333 g/mol. The van der Waals surface area contributed by atoms with Gasteiger partial charge in [0.25, 0.3) is 0 Å². The number of hydrogen-bond donors (Lipinski definition) is 1. The molecule has 1 aromatic heterocycles. The predicted molar refractivity (Wildman–Crippen MR) is 88.8 cm³/mol. The second-order valence-corrected chi connectivity index (χ2v) is 7.14. The van der Waals surface area contributed by atoms with E-state index < -0.39 is 0 Å². The second kappa shape index (κ2) is 6.61. The highest BCUT2D eigenvalue weighted by Gasteiger charge is 2.34. The summed E-state index contributed by atoms with van der Waals surface area (Å²) in [4.78, 5) is 6.71. The van der Waals surface area contributed by atoms with Crippen LogP contribution in [0.25, 0.3) is 11.4 Å². The van der Waals surface area contributed by atoms with Crippen LogP contribution in [0.5, 0.6) is 0 Å². The number of halogens is 1. The van der Waals surface area contributed by atoms with E-state index in [1.807, 2.05) is 6.92 Å². The summed E-state index contributed by atoms with van der Waals surface area (Å²) in [5, 5.41) is 13.6. The van der Waals surface area contributed by atoms with Gasteiger partial charge in [-0.2, -0.15) is 4.98 Å². The molecule has 1 aromatic carbocycles. The highest BCUT2D eigenvalue weighted by Crippen LogP contribution is 2.33. The molecule has 1 aliphatic rings. The second-order valence-electron chi connectivity index (χ2n) is 7.14. The molecule has 24 heavy (non-hydrogen) atoms. The Labute approximate surface area is 141 Å². The van der Waals surface area contributed by atoms with Crippen LogP contribution in [-0.4, -0.2) is 39.8 Å². The van der Waals surface area contributed by atoms with Crippen LogP contribution >= 0.6 is 0 Å². The molecule has 1 fully saturated rings. The first-order valence-electron chi connectivity index (χ1n) is 8.37. The minimum absolute atomic E-state index is 0.0345. The summed E-state index contributed by atoms with van der Waals surface area (Å²) in [5.74, 6) is 0.646. The first-order valence-corrected chi connectivity index (χ1v) is 8.37. The summed E-state index contributed by atoms with van der Waals surface area (Å²) < 4.78 is 19.1. The fourth-order valence-corrected chi connectivity index (χ4v) is 3.23. The molecule has 6 heteroatoms. The van der Waals surface area contributed by atoms with E-state index >= 15 is 0 Å². The van der Waals surface area contributed by atoms with E-state index in [-0.39, 0.29) is 23.9 Å². The van der Waals surface area contributed by atoms with Crippen LogP contribution in [0.3, 0.4) is 0 Å². The molecule has 2 atom stereocenters. The molecule has 1 N–H and O–H groups in total. The van der Waals surface area contributed by atoms with Gasteiger partial charge >= 0.3 is 0 Å². The number of likely N-dealkylation sites (tertiary alicyclic amines) is 1. The molecule has 1 aliphatic heterocycles. The maximum atomic E-state index is 13.7. The third kappa shape index (κ3) is 3.35. The van der Waals surface area contributed by atoms with Gasteiger partial charge in [-0.05, 0) is 44.9 Å². The van der Waals surface area contributed by atoms with Crippen molar-refractivity contribution in [3.63, 3.8) is 0 Å². The summed E-state index contributed by atoms with van der Waals surface area (Å²) in [6.07, 6.45) is 2.05. The summed E-state index contributed by atoms with van der Waals surface area (Å²) in [5.41, 5.74) is 1.11. The Balaban J connectivity index is 1.78. The van der Waals surface area contributed by atoms with Gasteiger partial charge in [-0.15, -0.1) is 0 Å². The molecule has 0 aliphatic carbocycles. The lowest BCUT2D eigenvalue weighted by atomic mass is 9.82. The fraction of sp³-hybridized carbons (Fsp3) is 0.556. The quantitative estimate of drug-likeness (QED) is 0.930. The third-order valence-electron chi connectivity index (χ3n) is 4.97. The van der Waals surface area contributed by atoms with Crippen molar-refractivity contribution < 1.29 is 14.0 Å². The van der Waals surface area contributed by atoms with Crippen molar-refractivity contribution in [2.24, 2.45) is 5.41 Å². The fourth-order valence-electron chi connectivity index (χ4n) is 3.23. The number of nitrogens with zero attached hydrogens (tertiary/aromatic N) is 3. The standard InChI is InChI=1S/C18H24FN3O2/c1-12-5-6-14(9-15(12)19)16-20-17(24-21-16)13(2)22-8-4-7-18(3,10-22)11-23/h5-6,9,13,23H,4,7-8,10-11H2,1-3H3. The molecule has 5 nitrogen and oxygen atoms in total. The monoisotopic (exact) mass is 333 g/mol. The molecule has 2 unspecified atom stereocenters. The first kappa shape index (κ1) is 17.0. The molecule has 1 saturated heterocycles. The molecule has 0 bridgehead atoms. The zero-order valence-corrected chi connectivity index (χ0v) is 14.4. The SMILES string of the molecule is Cc1ccc(-c2noc(C(C)N3CCCC(C)(CO)C3)n2)cc1F. The van der Waals surface area contributed by atoms with E-state index in [1.54, 1.807) is 19.1 Å². The summed E-state index contributed by atoms with van der Waals surface area (Å²) in [6.45, 7) is 7.75. The number of aliphatic hydroxyl groups is 1. The molecule has 0 spiro atoms. The summed E-state index contributed by atoms with van der Waals surface area (Å²) >= 11 is 0. The lowest BCUT2D eigenvalue weighted by Crippen LogP contribution is -2.44. The molecular formula is C18H24FN3O2. The van der Waals surface area contributed by atoms with Gasteiger partial charge in [0.05, 0.1) is 6.04 Å². The van der Waals surface area contributed by atoms with Crippen molar-refractivity contribution in [3.8, 4) is 11.4 Å². The Kier molecular flexibility index (Phi) is 4.69. The summed E-state index contributed by atoms with van der Waals surface area (Å²) in [7, 11) is 0. The molecule has 2 aromatic rings. The Morgan fingerprint density at radius 1 is 1.46 bits per heavy atom. The molecule has 0 radical (unpaired) electrons. The number of piperidine rings is 1. The van der Waals surface area contributed by atoms with Crippen molar-refractivity contribution >= 4 is 0 Å². The van der Waals surface area contributed by atoms with Gasteiger partial charge < -0.3 is 9.63 Å². The number of hydrogen-bond acceptors (Lipinski definition) is 5. The van der Waals surface area contributed by atoms with Crippen LogP contribution in [0.4, 0.5) is 4.39 Å². The number of aliphatic hydroxyl groups excluding tert-OH is 1. The largest absolute Gasteiger partial charge is 0.396 e. The first-order chi connectivity index (χ1) is 11.4. The smallest absolute Gasteiger partial charge is 0.244 e. The van der Waals surface area contributed by atoms with Crippen molar-refractivity contribution in [1.29, 1.82) is 0 Å². The van der Waals surface area contributed by atoms with Gasteiger partial charge in [-0.25, -0.2) is 4.39 Å². The Morgan fingerprint density at radius 3 is 2.96 bits per heavy atom. The van der Waals surface area contributed by atoms with E-state index in [0.29, 0.717) is 22.8 Å². The van der Waals surface area contributed by atoms with Crippen LogP contribution < -0.4 is 0 Å². The average Bonchev–Trinajstić information content (AvgIpc) is 3.07. The van der Waals surface area contributed by atoms with Crippen LogP contribution in [0.1, 0.15) is 44.2 Å². The topological polar surface area (TPSA) is 62.4 Å². The summed E-state index contributed by atoms with van der Waals surface area (Å²) in [6, 6.07) is 4.90. The Bertz CT molecular complexity index is 718. The van der Waals surface area contributed by atoms with Crippen LogP contribution in [0.2, 0.25) is 0 Å². The van der Waals surface area contributed by atoms with E-state index in [9.17, 15) is 9.50 Å². The van der Waals surface area contributed by atoms with Crippen LogP contribution in [-0.2, 0) is 0 Å². The Hall–Kier alpha value is -1.79. The number of rotatable bonds is 4. The highest BCUT2D eigenvalue weighted by atomic mass is 19.1. The maximum absolute atomic E-state index is 13.7. The van der Waals surface area contributed by atoms with E-state index in [4.69, 9.17) is 4.52 Å². The van der Waals surface area contributed by atoms with Crippen molar-refractivity contribution in [1.82, 2.24) is 15.0 Å². The third-order valence-corrected chi connectivity index (χ3v) is 4.97. The van der Waals surface area contributed by atoms with Crippen molar-refractivity contribution in [3.05, 3.63) is 35.5 Å². The number of aromatic nitrogens is 2. The van der Waals surface area contributed by atoms with E-state index in [0.717, 1.165) is 25.9 Å². The van der Waals surface area contributed by atoms with Gasteiger partial charge in [-0.1, -0.05) is 24.2 Å². The van der Waals surface area contributed by atoms with Gasteiger partial charge in [0.1, 0.15) is 5.82 Å². The molecule has 2 heterocycles. The van der Waals surface area contributed by atoms with Gasteiger partial charge in [-0.3, -0.25) is 4.90 Å². The van der Waals surface area contributed by atoms with E-state index in [2.05, 4.69) is 22.0 Å². The minimum Gasteiger partial charge on any atom is -0.396 e. The minimum atomic E-state index is -0.276. The van der Waals surface area contributed by atoms with Crippen LogP contribution in [0.15, 0.2) is 22.7 Å². The lowest BCUT2D eigenvalue weighted by Gasteiger charge is -2.41. The molecule has 0 saturated carbocycles.